The molecule has 2 atom stereocenters. The Bertz CT molecular complexity index is 143. The molecule has 0 aromatic carbocycles. The van der Waals surface area contributed by atoms with Gasteiger partial charge in [-0.1, -0.05) is 12.8 Å². The van der Waals surface area contributed by atoms with Gasteiger partial charge in [0.1, 0.15) is 0 Å². The van der Waals surface area contributed by atoms with Gasteiger partial charge < -0.3 is 10.6 Å². The van der Waals surface area contributed by atoms with Gasteiger partial charge in [-0.25, -0.2) is 0 Å². The molecule has 68 valence electrons. The highest BCUT2D eigenvalue weighted by molar-refractivity contribution is 5.49. The van der Waals surface area contributed by atoms with Gasteiger partial charge in [-0.15, -0.1) is 0 Å². The van der Waals surface area contributed by atoms with Crippen LogP contribution in [0.15, 0.2) is 0 Å². The number of hydrogen-bond acceptors (Lipinski definition) is 2. The van der Waals surface area contributed by atoms with E-state index in [1.54, 1.807) is 0 Å². The Morgan fingerprint density at radius 3 is 1.67 bits per heavy atom. The van der Waals surface area contributed by atoms with Crippen LogP contribution in [0.4, 0.5) is 0 Å². The smallest absolute Gasteiger partial charge is 0.207 e. The average Bonchev–Trinajstić information content (AvgIpc) is 2.09. The van der Waals surface area contributed by atoms with Crippen LogP contribution in [0.3, 0.4) is 0 Å². The molecule has 2 amide bonds. The predicted molar refractivity (Wildman–Crippen MR) is 44.4 cm³/mol. The van der Waals surface area contributed by atoms with Crippen molar-refractivity contribution in [3.05, 3.63) is 0 Å². The summed E-state index contributed by atoms with van der Waals surface area (Å²) < 4.78 is 0. The van der Waals surface area contributed by atoms with Gasteiger partial charge in [0.05, 0.1) is 0 Å². The van der Waals surface area contributed by atoms with Crippen molar-refractivity contribution in [3.8, 4) is 0 Å². The molecule has 2 N–H and O–H groups in total. The van der Waals surface area contributed by atoms with Crippen molar-refractivity contribution in [1.82, 2.24) is 10.6 Å². The maximum absolute atomic E-state index is 10.2. The molecule has 0 spiro atoms. The summed E-state index contributed by atoms with van der Waals surface area (Å²) in [6.07, 6.45) is 5.59. The standard InChI is InChI=1S/C8H14N2O2/c11-5-9-7-3-1-2-4-8(7)10-6-12/h5-8H,1-4H2,(H,9,11)(H,10,12). The van der Waals surface area contributed by atoms with E-state index in [2.05, 4.69) is 10.6 Å². The largest absolute Gasteiger partial charge is 0.354 e. The van der Waals surface area contributed by atoms with Gasteiger partial charge in [0.25, 0.3) is 0 Å². The van der Waals surface area contributed by atoms with Crippen molar-refractivity contribution in [2.24, 2.45) is 0 Å². The zero-order chi connectivity index (χ0) is 8.81. The molecule has 4 heteroatoms. The van der Waals surface area contributed by atoms with E-state index >= 15 is 0 Å². The first-order chi connectivity index (χ1) is 5.88. The van der Waals surface area contributed by atoms with Gasteiger partial charge in [-0.05, 0) is 12.8 Å². The van der Waals surface area contributed by atoms with Crippen molar-refractivity contribution in [1.29, 1.82) is 0 Å². The van der Waals surface area contributed by atoms with E-state index in [9.17, 15) is 9.59 Å². The van der Waals surface area contributed by atoms with Crippen molar-refractivity contribution in [2.45, 2.75) is 37.8 Å². The van der Waals surface area contributed by atoms with Crippen LogP contribution < -0.4 is 10.6 Å². The maximum Gasteiger partial charge on any atom is 0.207 e. The second-order valence-electron chi connectivity index (χ2n) is 3.07. The lowest BCUT2D eigenvalue weighted by Crippen LogP contribution is -2.48. The molecule has 0 saturated heterocycles. The van der Waals surface area contributed by atoms with E-state index in [-0.39, 0.29) is 12.1 Å². The highest BCUT2D eigenvalue weighted by Crippen LogP contribution is 2.17. The lowest BCUT2D eigenvalue weighted by Gasteiger charge is -2.30. The molecule has 0 aromatic rings. The summed E-state index contributed by atoms with van der Waals surface area (Å²) >= 11 is 0. The molecule has 0 radical (unpaired) electrons. The van der Waals surface area contributed by atoms with E-state index in [1.807, 2.05) is 0 Å². The molecule has 1 saturated carbocycles. The molecule has 2 unspecified atom stereocenters. The molecule has 1 fully saturated rings. The summed E-state index contributed by atoms with van der Waals surface area (Å²) in [5.41, 5.74) is 0. The molecule has 0 heterocycles. The summed E-state index contributed by atoms with van der Waals surface area (Å²) in [4.78, 5) is 20.4. The van der Waals surface area contributed by atoms with Gasteiger partial charge >= 0.3 is 0 Å². The van der Waals surface area contributed by atoms with Gasteiger partial charge in [0.15, 0.2) is 0 Å². The minimum absolute atomic E-state index is 0.126. The van der Waals surface area contributed by atoms with E-state index < -0.39 is 0 Å². The van der Waals surface area contributed by atoms with Crippen LogP contribution >= 0.6 is 0 Å². The Labute approximate surface area is 71.7 Å². The zero-order valence-corrected chi connectivity index (χ0v) is 6.95. The van der Waals surface area contributed by atoms with E-state index in [0.29, 0.717) is 12.8 Å². The van der Waals surface area contributed by atoms with Crippen LogP contribution in [0.1, 0.15) is 25.7 Å². The number of carbonyl (C=O) groups is 2. The van der Waals surface area contributed by atoms with Gasteiger partial charge in [0.2, 0.25) is 12.8 Å². The van der Waals surface area contributed by atoms with E-state index in [1.165, 1.54) is 0 Å². The Hall–Kier alpha value is -1.06. The molecule has 1 rings (SSSR count). The van der Waals surface area contributed by atoms with Gasteiger partial charge in [0, 0.05) is 12.1 Å². The fraction of sp³-hybridized carbons (Fsp3) is 0.750. The quantitative estimate of drug-likeness (QED) is 0.573. The maximum atomic E-state index is 10.2. The third-order valence-corrected chi connectivity index (χ3v) is 2.33. The number of hydrogen-bond donors (Lipinski definition) is 2. The molecule has 12 heavy (non-hydrogen) atoms. The molecule has 1 aliphatic rings. The minimum atomic E-state index is 0.126. The summed E-state index contributed by atoms with van der Waals surface area (Å²) in [6.45, 7) is 0. The minimum Gasteiger partial charge on any atom is -0.354 e. The molecular formula is C8H14N2O2. The number of nitrogens with one attached hydrogen (secondary N) is 2. The Kier molecular flexibility index (Phi) is 3.57. The second-order valence-corrected chi connectivity index (χ2v) is 3.07. The first kappa shape index (κ1) is 9.03. The third kappa shape index (κ3) is 2.22. The zero-order valence-electron chi connectivity index (χ0n) is 6.95. The molecule has 1 aliphatic carbocycles. The first-order valence-corrected chi connectivity index (χ1v) is 4.28. The highest BCUT2D eigenvalue weighted by atomic mass is 16.1. The third-order valence-electron chi connectivity index (χ3n) is 2.33. The monoisotopic (exact) mass is 170 g/mol. The van der Waals surface area contributed by atoms with Crippen molar-refractivity contribution >= 4 is 12.8 Å². The molecular weight excluding hydrogens is 156 g/mol. The summed E-state index contributed by atoms with van der Waals surface area (Å²) in [5.74, 6) is 0. The summed E-state index contributed by atoms with van der Waals surface area (Å²) in [5, 5.41) is 5.43. The Morgan fingerprint density at radius 1 is 0.917 bits per heavy atom. The van der Waals surface area contributed by atoms with E-state index in [0.717, 1.165) is 25.7 Å². The Morgan fingerprint density at radius 2 is 1.33 bits per heavy atom. The lowest BCUT2D eigenvalue weighted by atomic mass is 9.90. The molecule has 0 bridgehead atoms. The lowest BCUT2D eigenvalue weighted by molar-refractivity contribution is -0.113. The van der Waals surface area contributed by atoms with Gasteiger partial charge in [-0.2, -0.15) is 0 Å². The van der Waals surface area contributed by atoms with Crippen molar-refractivity contribution < 1.29 is 9.59 Å². The van der Waals surface area contributed by atoms with Crippen LogP contribution in [0.5, 0.6) is 0 Å². The second kappa shape index (κ2) is 4.74. The Balaban J connectivity index is 2.41. The van der Waals surface area contributed by atoms with Crippen LogP contribution in [0.25, 0.3) is 0 Å². The summed E-state index contributed by atoms with van der Waals surface area (Å²) in [7, 11) is 0. The topological polar surface area (TPSA) is 58.2 Å². The number of amides is 2. The van der Waals surface area contributed by atoms with Crippen LogP contribution in [-0.2, 0) is 9.59 Å². The fourth-order valence-corrected chi connectivity index (χ4v) is 1.70. The average molecular weight is 170 g/mol. The summed E-state index contributed by atoms with van der Waals surface area (Å²) in [6, 6.07) is 0.253. The highest BCUT2D eigenvalue weighted by Gasteiger charge is 2.23. The normalized spacial score (nSPS) is 29.0. The molecule has 0 aliphatic heterocycles. The van der Waals surface area contributed by atoms with Crippen molar-refractivity contribution in [3.63, 3.8) is 0 Å². The fourth-order valence-electron chi connectivity index (χ4n) is 1.70. The van der Waals surface area contributed by atoms with Crippen LogP contribution in [0, 0.1) is 0 Å². The first-order valence-electron chi connectivity index (χ1n) is 4.28. The van der Waals surface area contributed by atoms with Crippen LogP contribution in [0.2, 0.25) is 0 Å². The SMILES string of the molecule is O=CNC1CCCCC1NC=O. The van der Waals surface area contributed by atoms with Gasteiger partial charge in [-0.3, -0.25) is 9.59 Å². The number of rotatable bonds is 4. The molecule has 4 nitrogen and oxygen atoms in total. The van der Waals surface area contributed by atoms with Crippen molar-refractivity contribution in [2.75, 3.05) is 0 Å². The molecule has 0 aromatic heterocycles. The predicted octanol–water partition coefficient (Wildman–Crippen LogP) is -0.210. The van der Waals surface area contributed by atoms with Crippen LogP contribution in [-0.4, -0.2) is 24.9 Å². The van der Waals surface area contributed by atoms with E-state index in [4.69, 9.17) is 0 Å². The number of carbonyl (C=O) groups excluding carboxylic acids is 2.